The fourth-order valence-electron chi connectivity index (χ4n) is 3.69. The molecule has 1 aliphatic rings. The second kappa shape index (κ2) is 9.04. The Labute approximate surface area is 179 Å². The zero-order chi connectivity index (χ0) is 21.8. The van der Waals surface area contributed by atoms with Gasteiger partial charge in [0, 0.05) is 17.0 Å². The van der Waals surface area contributed by atoms with Crippen molar-refractivity contribution in [1.29, 1.82) is 0 Å². The molecule has 31 heavy (non-hydrogen) atoms. The van der Waals surface area contributed by atoms with E-state index in [0.717, 1.165) is 47.8 Å². The van der Waals surface area contributed by atoms with Crippen molar-refractivity contribution in [2.75, 3.05) is 0 Å². The summed E-state index contributed by atoms with van der Waals surface area (Å²) < 4.78 is 15.9. The number of benzene rings is 2. The average molecular weight is 421 g/mol. The fraction of sp³-hybridized carbons (Fsp3) is 0.292. The predicted octanol–water partition coefficient (Wildman–Crippen LogP) is 3.89. The van der Waals surface area contributed by atoms with Crippen LogP contribution in [0.3, 0.4) is 0 Å². The Bertz CT molecular complexity index is 1170. The lowest BCUT2D eigenvalue weighted by molar-refractivity contribution is -0.136. The number of hydrogen-bond acceptors (Lipinski definition) is 6. The van der Waals surface area contributed by atoms with Gasteiger partial charge < -0.3 is 19.2 Å². The number of esters is 1. The van der Waals surface area contributed by atoms with Gasteiger partial charge in [0.1, 0.15) is 24.0 Å². The molecule has 1 amide bonds. The van der Waals surface area contributed by atoms with E-state index < -0.39 is 18.1 Å². The Balaban J connectivity index is 1.39. The molecule has 0 spiro atoms. The fourth-order valence-corrected chi connectivity index (χ4v) is 3.69. The van der Waals surface area contributed by atoms with Crippen molar-refractivity contribution in [3.05, 3.63) is 75.6 Å². The number of aryl methyl sites for hydroxylation is 1. The van der Waals surface area contributed by atoms with Gasteiger partial charge >= 0.3 is 17.7 Å². The highest BCUT2D eigenvalue weighted by molar-refractivity contribution is 5.85. The van der Waals surface area contributed by atoms with Crippen LogP contribution >= 0.6 is 0 Å². The van der Waals surface area contributed by atoms with Gasteiger partial charge in [0.05, 0.1) is 0 Å². The number of nitrogens with one attached hydrogen (secondary N) is 1. The van der Waals surface area contributed by atoms with Crippen LogP contribution in [0.1, 0.15) is 36.5 Å². The maximum atomic E-state index is 12.4. The molecule has 1 aromatic heterocycles. The molecule has 3 aromatic rings. The van der Waals surface area contributed by atoms with Crippen molar-refractivity contribution in [2.24, 2.45) is 0 Å². The zero-order valence-electron chi connectivity index (χ0n) is 17.2. The molecule has 0 fully saturated rings. The standard InChI is InChI=1S/C24H23NO6/c1-15(25-24(28)29-14-16-7-3-2-4-8-16)22(26)30-17-11-12-19-18-9-5-6-10-20(18)23(27)31-21(19)13-17/h2-4,7-8,11-13,15H,5-6,9-10,14H2,1H3,(H,25,28)/t15-/m0/s1. The molecule has 2 aromatic carbocycles. The number of fused-ring (bicyclic) bond motifs is 3. The minimum Gasteiger partial charge on any atom is -0.445 e. The Morgan fingerprint density at radius 3 is 2.58 bits per heavy atom. The maximum absolute atomic E-state index is 12.4. The summed E-state index contributed by atoms with van der Waals surface area (Å²) in [5.41, 5.74) is 2.66. The number of ether oxygens (including phenoxy) is 2. The van der Waals surface area contributed by atoms with Gasteiger partial charge in [-0.05, 0) is 55.9 Å². The van der Waals surface area contributed by atoms with Crippen molar-refractivity contribution >= 4 is 23.0 Å². The monoisotopic (exact) mass is 421 g/mol. The van der Waals surface area contributed by atoms with Crippen LogP contribution in [0.4, 0.5) is 4.79 Å². The van der Waals surface area contributed by atoms with E-state index in [1.807, 2.05) is 30.3 Å². The Kier molecular flexibility index (Phi) is 6.02. The number of rotatable bonds is 5. The first-order valence-electron chi connectivity index (χ1n) is 10.3. The molecule has 4 rings (SSSR count). The van der Waals surface area contributed by atoms with Crippen LogP contribution in [-0.2, 0) is 29.0 Å². The van der Waals surface area contributed by atoms with E-state index in [1.165, 1.54) is 13.0 Å². The number of carbonyl (C=O) groups excluding carboxylic acids is 2. The molecule has 0 aliphatic heterocycles. The summed E-state index contributed by atoms with van der Waals surface area (Å²) in [6.07, 6.45) is 2.87. The molecule has 1 aliphatic carbocycles. The molecule has 0 radical (unpaired) electrons. The third-order valence-electron chi connectivity index (χ3n) is 5.31. The number of hydrogen-bond donors (Lipinski definition) is 1. The first-order chi connectivity index (χ1) is 15.0. The molecular formula is C24H23NO6. The van der Waals surface area contributed by atoms with Crippen molar-refractivity contribution in [2.45, 2.75) is 45.3 Å². The van der Waals surface area contributed by atoms with Crippen molar-refractivity contribution in [3.8, 4) is 5.75 Å². The topological polar surface area (TPSA) is 94.8 Å². The normalized spacial score (nSPS) is 13.8. The van der Waals surface area contributed by atoms with Crippen molar-refractivity contribution < 1.29 is 23.5 Å². The Morgan fingerprint density at radius 1 is 1.06 bits per heavy atom. The zero-order valence-corrected chi connectivity index (χ0v) is 17.2. The van der Waals surface area contributed by atoms with Gasteiger partial charge in [-0.25, -0.2) is 14.4 Å². The highest BCUT2D eigenvalue weighted by Crippen LogP contribution is 2.29. The summed E-state index contributed by atoms with van der Waals surface area (Å²) in [5, 5.41) is 3.31. The molecule has 0 bridgehead atoms. The SMILES string of the molecule is C[C@H](NC(=O)OCc1ccccc1)C(=O)Oc1ccc2c3c(c(=O)oc2c1)CCCC3. The van der Waals surface area contributed by atoms with Crippen molar-refractivity contribution in [3.63, 3.8) is 0 Å². The smallest absolute Gasteiger partial charge is 0.408 e. The van der Waals surface area contributed by atoms with E-state index in [2.05, 4.69) is 5.32 Å². The molecule has 7 heteroatoms. The average Bonchev–Trinajstić information content (AvgIpc) is 2.78. The van der Waals surface area contributed by atoms with Crippen LogP contribution in [0, 0.1) is 0 Å². The minimum atomic E-state index is -0.922. The van der Waals surface area contributed by atoms with Gasteiger partial charge in [-0.2, -0.15) is 0 Å². The lowest BCUT2D eigenvalue weighted by Gasteiger charge is -2.17. The molecule has 0 saturated carbocycles. The van der Waals surface area contributed by atoms with Crippen LogP contribution in [0.5, 0.6) is 5.75 Å². The van der Waals surface area contributed by atoms with Gasteiger partial charge in [0.2, 0.25) is 0 Å². The summed E-state index contributed by atoms with van der Waals surface area (Å²) in [5.74, 6) is -0.418. The lowest BCUT2D eigenvalue weighted by atomic mass is 9.91. The highest BCUT2D eigenvalue weighted by Gasteiger charge is 2.21. The van der Waals surface area contributed by atoms with Crippen LogP contribution in [0.25, 0.3) is 11.0 Å². The van der Waals surface area contributed by atoms with Gasteiger partial charge in [-0.3, -0.25) is 0 Å². The first-order valence-corrected chi connectivity index (χ1v) is 10.3. The van der Waals surface area contributed by atoms with E-state index in [1.54, 1.807) is 12.1 Å². The molecule has 1 N–H and O–H groups in total. The molecule has 1 atom stereocenters. The Morgan fingerprint density at radius 2 is 1.81 bits per heavy atom. The van der Waals surface area contributed by atoms with Crippen LogP contribution in [-0.4, -0.2) is 18.1 Å². The summed E-state index contributed by atoms with van der Waals surface area (Å²) in [6.45, 7) is 1.60. The quantitative estimate of drug-likeness (QED) is 0.382. The van der Waals surface area contributed by atoms with E-state index >= 15 is 0 Å². The molecule has 0 unspecified atom stereocenters. The van der Waals surface area contributed by atoms with E-state index in [9.17, 15) is 14.4 Å². The first kappa shape index (κ1) is 20.7. The number of amides is 1. The van der Waals surface area contributed by atoms with E-state index in [-0.39, 0.29) is 18.0 Å². The van der Waals surface area contributed by atoms with Gasteiger partial charge in [-0.15, -0.1) is 0 Å². The van der Waals surface area contributed by atoms with Gasteiger partial charge in [0.15, 0.2) is 0 Å². The molecular weight excluding hydrogens is 398 g/mol. The highest BCUT2D eigenvalue weighted by atomic mass is 16.6. The second-order valence-corrected chi connectivity index (χ2v) is 7.56. The maximum Gasteiger partial charge on any atom is 0.408 e. The second-order valence-electron chi connectivity index (χ2n) is 7.56. The molecule has 160 valence electrons. The van der Waals surface area contributed by atoms with Gasteiger partial charge in [0.25, 0.3) is 0 Å². The summed E-state index contributed by atoms with van der Waals surface area (Å²) in [4.78, 5) is 36.6. The lowest BCUT2D eigenvalue weighted by Crippen LogP contribution is -2.41. The summed E-state index contributed by atoms with van der Waals surface area (Å²) in [7, 11) is 0. The summed E-state index contributed by atoms with van der Waals surface area (Å²) in [6, 6.07) is 13.3. The van der Waals surface area contributed by atoms with Gasteiger partial charge in [-0.1, -0.05) is 30.3 Å². The predicted molar refractivity (Wildman–Crippen MR) is 114 cm³/mol. The number of alkyl carbamates (subject to hydrolysis) is 1. The third-order valence-corrected chi connectivity index (χ3v) is 5.31. The van der Waals surface area contributed by atoms with E-state index in [4.69, 9.17) is 13.9 Å². The van der Waals surface area contributed by atoms with Crippen LogP contribution in [0.2, 0.25) is 0 Å². The minimum absolute atomic E-state index is 0.0997. The molecule has 0 saturated heterocycles. The van der Waals surface area contributed by atoms with Crippen LogP contribution < -0.4 is 15.7 Å². The largest absolute Gasteiger partial charge is 0.445 e. The Hall–Kier alpha value is -3.61. The van der Waals surface area contributed by atoms with Crippen molar-refractivity contribution in [1.82, 2.24) is 5.32 Å². The number of carbonyl (C=O) groups is 2. The van der Waals surface area contributed by atoms with Crippen LogP contribution in [0.15, 0.2) is 57.7 Å². The summed E-state index contributed by atoms with van der Waals surface area (Å²) >= 11 is 0. The third kappa shape index (κ3) is 4.77. The molecule has 1 heterocycles. The van der Waals surface area contributed by atoms with E-state index in [0.29, 0.717) is 5.58 Å². The molecule has 7 nitrogen and oxygen atoms in total.